The van der Waals surface area contributed by atoms with Crippen LogP contribution < -0.4 is 25.8 Å². The second-order valence-corrected chi connectivity index (χ2v) is 10.9. The largest absolute Gasteiger partial charge is 0.495 e. The first kappa shape index (κ1) is 29.8. The van der Waals surface area contributed by atoms with E-state index in [0.29, 0.717) is 60.0 Å². The topological polar surface area (TPSA) is 130 Å². The molecule has 3 heterocycles. The molecule has 0 atom stereocenters. The summed E-state index contributed by atoms with van der Waals surface area (Å²) in [7, 11) is 3.08. The highest BCUT2D eigenvalue weighted by Crippen LogP contribution is 2.36. The molecule has 1 aromatic heterocycles. The van der Waals surface area contributed by atoms with Gasteiger partial charge in [0.15, 0.2) is 0 Å². The molecule has 4 rings (SSSR count). The van der Waals surface area contributed by atoms with Crippen LogP contribution in [0.2, 0.25) is 5.02 Å². The number of thiocarbonyl (C=S) groups is 1. The van der Waals surface area contributed by atoms with Crippen molar-refractivity contribution in [2.75, 3.05) is 51.0 Å². The molecule has 0 unspecified atom stereocenters. The average molecular weight is 589 g/mol. The van der Waals surface area contributed by atoms with Gasteiger partial charge in [0.2, 0.25) is 22.9 Å². The van der Waals surface area contributed by atoms with Crippen LogP contribution in [-0.4, -0.2) is 82.7 Å². The Hall–Kier alpha value is -3.22. The minimum absolute atomic E-state index is 0.178. The molecule has 4 N–H and O–H groups in total. The predicted molar refractivity (Wildman–Crippen MR) is 161 cm³/mol. The van der Waals surface area contributed by atoms with Crippen molar-refractivity contribution in [2.45, 2.75) is 51.5 Å². The Balaban J connectivity index is 1.61. The van der Waals surface area contributed by atoms with Crippen molar-refractivity contribution in [1.82, 2.24) is 19.8 Å². The molecule has 0 spiro atoms. The van der Waals surface area contributed by atoms with Crippen molar-refractivity contribution >= 4 is 52.4 Å². The number of aromatic nitrogens is 2. The number of guanidine groups is 1. The van der Waals surface area contributed by atoms with Gasteiger partial charge >= 0.3 is 0 Å². The maximum atomic E-state index is 12.8. The van der Waals surface area contributed by atoms with Crippen molar-refractivity contribution in [3.63, 3.8) is 0 Å². The molecule has 0 aliphatic carbocycles. The smallest absolute Gasteiger partial charge is 0.238 e. The number of piperidine rings is 2. The van der Waals surface area contributed by atoms with Gasteiger partial charge in [0, 0.05) is 36.6 Å². The van der Waals surface area contributed by atoms with Crippen LogP contribution in [-0.2, 0) is 4.79 Å². The Bertz CT molecular complexity index is 1260. The molecule has 0 radical (unpaired) electrons. The summed E-state index contributed by atoms with van der Waals surface area (Å²) in [6.07, 6.45) is 4.51. The predicted octanol–water partition coefficient (Wildman–Crippen LogP) is 3.73. The number of nitrogens with one attached hydrogen (secondary N) is 2. The third-order valence-electron chi connectivity index (χ3n) is 7.44. The zero-order valence-electron chi connectivity index (χ0n) is 23.4. The summed E-state index contributed by atoms with van der Waals surface area (Å²) in [5, 5.41) is 6.97. The summed E-state index contributed by atoms with van der Waals surface area (Å²) >= 11 is 11.9. The fourth-order valence-electron chi connectivity index (χ4n) is 5.39. The molecule has 40 heavy (non-hydrogen) atoms. The summed E-state index contributed by atoms with van der Waals surface area (Å²) in [5.74, 6) is 1.57. The highest BCUT2D eigenvalue weighted by Gasteiger charge is 2.45. The number of anilines is 2. The van der Waals surface area contributed by atoms with E-state index in [4.69, 9.17) is 44.0 Å². The zero-order valence-corrected chi connectivity index (χ0v) is 25.0. The number of aryl methyl sites for hydroxylation is 2. The summed E-state index contributed by atoms with van der Waals surface area (Å²) in [5.41, 5.74) is 7.55. The number of benzene rings is 1. The van der Waals surface area contributed by atoms with E-state index in [-0.39, 0.29) is 11.0 Å². The van der Waals surface area contributed by atoms with Gasteiger partial charge in [0.1, 0.15) is 17.0 Å². The second-order valence-electron chi connectivity index (χ2n) is 10.1. The van der Waals surface area contributed by atoms with Gasteiger partial charge in [-0.2, -0.15) is 4.99 Å². The van der Waals surface area contributed by atoms with E-state index in [1.165, 1.54) is 13.5 Å². The van der Waals surface area contributed by atoms with E-state index in [9.17, 15) is 4.79 Å². The summed E-state index contributed by atoms with van der Waals surface area (Å²) in [4.78, 5) is 30.9. The first-order chi connectivity index (χ1) is 19.1. The maximum absolute atomic E-state index is 12.8. The normalized spacial score (nSPS) is 17.7. The van der Waals surface area contributed by atoms with Gasteiger partial charge in [0.05, 0.1) is 24.9 Å². The van der Waals surface area contributed by atoms with Gasteiger partial charge in [-0.3, -0.25) is 15.0 Å². The number of methoxy groups -OCH3 is 2. The number of rotatable bonds is 6. The molecule has 2 saturated heterocycles. The van der Waals surface area contributed by atoms with Crippen LogP contribution in [0, 0.1) is 13.8 Å². The number of likely N-dealkylation sites (tertiary alicyclic amines) is 2. The number of halogens is 1. The first-order valence-corrected chi connectivity index (χ1v) is 14.1. The molecule has 2 aliphatic rings. The first-order valence-electron chi connectivity index (χ1n) is 13.4. The number of carbonyl (C=O) groups excluding carboxylic acids is 1. The number of hydrogen-bond acceptors (Lipinski definition) is 7. The molecule has 2 aromatic rings. The van der Waals surface area contributed by atoms with Gasteiger partial charge < -0.3 is 25.4 Å². The van der Waals surface area contributed by atoms with Gasteiger partial charge in [-0.1, -0.05) is 18.0 Å². The lowest BCUT2D eigenvalue weighted by atomic mass is 9.83. The molecule has 2 aliphatic heterocycles. The number of ether oxygens (including phenoxy) is 2. The minimum atomic E-state index is -0.662. The number of amides is 1. The zero-order chi connectivity index (χ0) is 28.9. The maximum Gasteiger partial charge on any atom is 0.238 e. The van der Waals surface area contributed by atoms with Crippen LogP contribution >= 0.6 is 23.8 Å². The van der Waals surface area contributed by atoms with Crippen LogP contribution in [0.1, 0.15) is 43.5 Å². The number of hydrogen-bond donors (Lipinski definition) is 3. The summed E-state index contributed by atoms with van der Waals surface area (Å²) < 4.78 is 10.8. The lowest BCUT2D eigenvalue weighted by Gasteiger charge is -2.48. The average Bonchev–Trinajstić information content (AvgIpc) is 2.93. The standard InChI is InChI=1S/C27H37ClN8O3S/c1-17-14-18(2)31-24(30-17)33-25(34-26(40)32-20-16-21(38-3)19(28)15-22(20)39-4)35-12-8-27(9-13-35,23(29)37)36-10-6-5-7-11-36/h14-16H,5-13H2,1-4H3,(H2,29,37)(H2,30,31,32,33,34,40). The van der Waals surface area contributed by atoms with Crippen LogP contribution in [0.25, 0.3) is 0 Å². The molecule has 11 nitrogen and oxygen atoms in total. The van der Waals surface area contributed by atoms with Crippen molar-refractivity contribution in [1.29, 1.82) is 0 Å². The Morgan fingerprint density at radius 1 is 1.00 bits per heavy atom. The Labute approximate surface area is 245 Å². The molecule has 13 heteroatoms. The van der Waals surface area contributed by atoms with E-state index in [1.807, 2.05) is 19.9 Å². The van der Waals surface area contributed by atoms with Crippen LogP contribution in [0.5, 0.6) is 11.5 Å². The lowest BCUT2D eigenvalue weighted by molar-refractivity contribution is -0.134. The SMILES string of the molecule is COc1cc(NC(=S)/N=C(/Nc2nc(C)cc(C)n2)N2CCC(C(N)=O)(N3CCCCC3)CC2)c(OC)cc1Cl. The number of aliphatic imine (C=N–C) groups is 1. The van der Waals surface area contributed by atoms with Crippen molar-refractivity contribution < 1.29 is 14.3 Å². The van der Waals surface area contributed by atoms with Crippen LogP contribution in [0.15, 0.2) is 23.2 Å². The third-order valence-corrected chi connectivity index (χ3v) is 7.93. The van der Waals surface area contributed by atoms with E-state index >= 15 is 0 Å². The molecular weight excluding hydrogens is 552 g/mol. The van der Waals surface area contributed by atoms with E-state index in [0.717, 1.165) is 37.3 Å². The van der Waals surface area contributed by atoms with Crippen LogP contribution in [0.4, 0.5) is 11.6 Å². The monoisotopic (exact) mass is 588 g/mol. The Morgan fingerprint density at radius 2 is 1.62 bits per heavy atom. The minimum Gasteiger partial charge on any atom is -0.495 e. The van der Waals surface area contributed by atoms with Crippen LogP contribution in [0.3, 0.4) is 0 Å². The Morgan fingerprint density at radius 3 is 2.20 bits per heavy atom. The van der Waals surface area contributed by atoms with Crippen molar-refractivity contribution in [3.8, 4) is 11.5 Å². The number of carbonyl (C=O) groups is 1. The second kappa shape index (κ2) is 13.0. The molecule has 0 saturated carbocycles. The van der Waals surface area contributed by atoms with E-state index < -0.39 is 5.54 Å². The highest BCUT2D eigenvalue weighted by atomic mass is 35.5. The highest BCUT2D eigenvalue weighted by molar-refractivity contribution is 7.80. The van der Waals surface area contributed by atoms with Gasteiger partial charge in [0.25, 0.3) is 0 Å². The Kier molecular flexibility index (Phi) is 9.64. The molecule has 2 fully saturated rings. The number of primary amides is 1. The molecular formula is C27H37ClN8O3S. The fourth-order valence-corrected chi connectivity index (χ4v) is 5.81. The van der Waals surface area contributed by atoms with E-state index in [2.05, 4.69) is 30.4 Å². The fraction of sp³-hybridized carbons (Fsp3) is 0.519. The van der Waals surface area contributed by atoms with Gasteiger partial charge in [-0.25, -0.2) is 9.97 Å². The lowest BCUT2D eigenvalue weighted by Crippen LogP contribution is -2.64. The summed E-state index contributed by atoms with van der Waals surface area (Å²) in [6.45, 7) is 6.69. The summed E-state index contributed by atoms with van der Waals surface area (Å²) in [6, 6.07) is 5.24. The number of nitrogens with two attached hydrogens (primary N) is 1. The molecule has 0 bridgehead atoms. The van der Waals surface area contributed by atoms with Gasteiger partial charge in [-0.15, -0.1) is 0 Å². The quantitative estimate of drug-likeness (QED) is 0.261. The van der Waals surface area contributed by atoms with Crippen molar-refractivity contribution in [3.05, 3.63) is 34.6 Å². The third kappa shape index (κ3) is 6.73. The molecule has 1 aromatic carbocycles. The van der Waals surface area contributed by atoms with Gasteiger partial charge in [-0.05, 0) is 70.9 Å². The molecule has 216 valence electrons. The molecule has 1 amide bonds. The number of nitrogens with zero attached hydrogens (tertiary/aromatic N) is 5. The van der Waals surface area contributed by atoms with E-state index in [1.54, 1.807) is 19.2 Å². The van der Waals surface area contributed by atoms with Crippen molar-refractivity contribution in [2.24, 2.45) is 10.7 Å².